The van der Waals surface area contributed by atoms with E-state index in [4.69, 9.17) is 4.74 Å². The summed E-state index contributed by atoms with van der Waals surface area (Å²) in [5.74, 6) is -1.19. The fraction of sp³-hybridized carbons (Fsp3) is 0.387. The largest absolute Gasteiger partial charge is 0.479 e. The molecule has 1 aliphatic rings. The number of ether oxygens (including phenoxy) is 1. The Morgan fingerprint density at radius 1 is 0.972 bits per heavy atom. The molecule has 1 N–H and O–H groups in total. The molecule has 0 aromatic heterocycles. The van der Waals surface area contributed by atoms with Gasteiger partial charge in [0.25, 0.3) is 0 Å². The molecule has 1 aliphatic heterocycles. The van der Waals surface area contributed by atoms with Crippen molar-refractivity contribution >= 4 is 5.97 Å². The molecule has 4 nitrogen and oxygen atoms in total. The summed E-state index contributed by atoms with van der Waals surface area (Å²) in [5, 5.41) is 10.3. The predicted octanol–water partition coefficient (Wildman–Crippen LogP) is 7.18. The van der Waals surface area contributed by atoms with Crippen molar-refractivity contribution in [1.29, 1.82) is 0 Å². The number of carboxylic acid groups (broad SMARTS) is 1. The third kappa shape index (κ3) is 5.09. The maximum Gasteiger partial charge on any atom is 0.337 e. The van der Waals surface area contributed by atoms with Gasteiger partial charge in [-0.05, 0) is 99.0 Å². The minimum Gasteiger partial charge on any atom is -0.479 e. The van der Waals surface area contributed by atoms with Crippen LogP contribution in [0.4, 0.5) is 4.39 Å². The lowest BCUT2D eigenvalue weighted by Gasteiger charge is -2.30. The lowest BCUT2D eigenvalue weighted by molar-refractivity contribution is -0.160. The van der Waals surface area contributed by atoms with Gasteiger partial charge in [0.2, 0.25) is 0 Å². The first-order valence-electron chi connectivity index (χ1n) is 12.5. The summed E-state index contributed by atoms with van der Waals surface area (Å²) >= 11 is 0. The first kappa shape index (κ1) is 26.1. The van der Waals surface area contributed by atoms with E-state index in [-0.39, 0.29) is 5.82 Å². The second kappa shape index (κ2) is 9.79. The first-order chi connectivity index (χ1) is 16.9. The molecule has 3 aromatic carbocycles. The van der Waals surface area contributed by atoms with Crippen LogP contribution < -0.4 is 0 Å². The molecule has 5 heteroatoms. The second-order valence-electron chi connectivity index (χ2n) is 11.0. The van der Waals surface area contributed by atoms with E-state index in [1.807, 2.05) is 47.6 Å². The van der Waals surface area contributed by atoms with Crippen LogP contribution in [0.3, 0.4) is 0 Å². The minimum absolute atomic E-state index is 0.191. The van der Waals surface area contributed by atoms with Crippen molar-refractivity contribution in [2.75, 3.05) is 0 Å². The fourth-order valence-corrected chi connectivity index (χ4v) is 5.27. The highest BCUT2D eigenvalue weighted by Gasteiger charge is 2.35. The standard InChI is InChI=1S/C31H36FNO3/c1-18-11-13-22(14-12-18)27-20(3)24-16-33(15-23-9-8-10-26(32)19(23)2)17-25(24)21(4)28(27)29(30(34)35)36-31(5,6)7/h8-14,29H,15-17H2,1-7H3,(H,34,35). The average Bonchev–Trinajstić information content (AvgIpc) is 3.22. The van der Waals surface area contributed by atoms with E-state index in [0.717, 1.165) is 51.1 Å². The van der Waals surface area contributed by atoms with E-state index < -0.39 is 17.7 Å². The summed E-state index contributed by atoms with van der Waals surface area (Å²) in [6.45, 7) is 15.7. The molecule has 190 valence electrons. The maximum absolute atomic E-state index is 14.2. The molecule has 0 fully saturated rings. The van der Waals surface area contributed by atoms with E-state index >= 15 is 0 Å². The van der Waals surface area contributed by atoms with Crippen LogP contribution in [0.5, 0.6) is 0 Å². The molecule has 36 heavy (non-hydrogen) atoms. The van der Waals surface area contributed by atoms with Gasteiger partial charge in [0.05, 0.1) is 5.60 Å². The first-order valence-corrected chi connectivity index (χ1v) is 12.5. The number of carboxylic acids is 1. The molecule has 0 radical (unpaired) electrons. The summed E-state index contributed by atoms with van der Waals surface area (Å²) in [6.07, 6.45) is -1.09. The van der Waals surface area contributed by atoms with Gasteiger partial charge in [0.1, 0.15) is 5.82 Å². The van der Waals surface area contributed by atoms with Crippen LogP contribution in [0.25, 0.3) is 11.1 Å². The summed E-state index contributed by atoms with van der Waals surface area (Å²) in [5.41, 5.74) is 9.22. The summed E-state index contributed by atoms with van der Waals surface area (Å²) in [4.78, 5) is 14.9. The smallest absolute Gasteiger partial charge is 0.337 e. The highest BCUT2D eigenvalue weighted by molar-refractivity contribution is 5.84. The fourth-order valence-electron chi connectivity index (χ4n) is 5.27. The Morgan fingerprint density at radius 3 is 2.17 bits per heavy atom. The van der Waals surface area contributed by atoms with Gasteiger partial charge in [-0.3, -0.25) is 4.90 Å². The zero-order chi connectivity index (χ0) is 26.4. The number of fused-ring (bicyclic) bond motifs is 1. The molecule has 1 heterocycles. The zero-order valence-electron chi connectivity index (χ0n) is 22.3. The minimum atomic E-state index is -1.09. The van der Waals surface area contributed by atoms with Gasteiger partial charge < -0.3 is 9.84 Å². The number of benzene rings is 3. The number of hydrogen-bond donors (Lipinski definition) is 1. The third-order valence-electron chi connectivity index (χ3n) is 7.15. The second-order valence-corrected chi connectivity index (χ2v) is 11.0. The lowest BCUT2D eigenvalue weighted by Crippen LogP contribution is -2.28. The van der Waals surface area contributed by atoms with Crippen LogP contribution in [0.15, 0.2) is 42.5 Å². The topological polar surface area (TPSA) is 49.8 Å². The maximum atomic E-state index is 14.2. The monoisotopic (exact) mass is 489 g/mol. The van der Waals surface area contributed by atoms with Crippen molar-refractivity contribution < 1.29 is 19.0 Å². The van der Waals surface area contributed by atoms with Crippen LogP contribution in [-0.4, -0.2) is 21.6 Å². The Balaban J connectivity index is 1.86. The highest BCUT2D eigenvalue weighted by atomic mass is 19.1. The molecule has 4 rings (SSSR count). The van der Waals surface area contributed by atoms with Crippen LogP contribution in [-0.2, 0) is 29.2 Å². The Morgan fingerprint density at radius 2 is 1.58 bits per heavy atom. The number of rotatable bonds is 6. The summed E-state index contributed by atoms with van der Waals surface area (Å²) in [7, 11) is 0. The normalized spacial score (nSPS) is 14.7. The van der Waals surface area contributed by atoms with Crippen LogP contribution in [0.2, 0.25) is 0 Å². The van der Waals surface area contributed by atoms with Gasteiger partial charge in [-0.15, -0.1) is 0 Å². The molecular formula is C31H36FNO3. The van der Waals surface area contributed by atoms with Crippen molar-refractivity contribution in [2.24, 2.45) is 0 Å². The van der Waals surface area contributed by atoms with Crippen LogP contribution >= 0.6 is 0 Å². The Kier molecular flexibility index (Phi) is 7.09. The Hall–Kier alpha value is -3.02. The molecule has 0 saturated heterocycles. The molecule has 1 atom stereocenters. The van der Waals surface area contributed by atoms with E-state index in [1.165, 1.54) is 11.6 Å². The molecule has 1 unspecified atom stereocenters. The van der Waals surface area contributed by atoms with E-state index in [1.54, 1.807) is 6.07 Å². The number of aliphatic carboxylic acids is 1. The van der Waals surface area contributed by atoms with Gasteiger partial charge in [-0.25, -0.2) is 9.18 Å². The summed E-state index contributed by atoms with van der Waals surface area (Å²) in [6, 6.07) is 13.5. The van der Waals surface area contributed by atoms with E-state index in [0.29, 0.717) is 18.7 Å². The number of nitrogens with zero attached hydrogens (tertiary/aromatic N) is 1. The number of carbonyl (C=O) groups is 1. The van der Waals surface area contributed by atoms with Gasteiger partial charge in [0, 0.05) is 25.2 Å². The molecule has 0 saturated carbocycles. The van der Waals surface area contributed by atoms with Crippen LogP contribution in [0, 0.1) is 33.5 Å². The number of aryl methyl sites for hydroxylation is 1. The molecule has 3 aromatic rings. The van der Waals surface area contributed by atoms with Gasteiger partial charge >= 0.3 is 5.97 Å². The van der Waals surface area contributed by atoms with Gasteiger partial charge in [-0.1, -0.05) is 42.0 Å². The third-order valence-corrected chi connectivity index (χ3v) is 7.15. The van der Waals surface area contributed by atoms with Crippen molar-refractivity contribution in [2.45, 2.75) is 79.8 Å². The zero-order valence-corrected chi connectivity index (χ0v) is 22.3. The van der Waals surface area contributed by atoms with Gasteiger partial charge in [0.15, 0.2) is 6.10 Å². The van der Waals surface area contributed by atoms with Crippen molar-refractivity contribution in [3.63, 3.8) is 0 Å². The quantitative estimate of drug-likeness (QED) is 0.398. The molecule has 0 bridgehead atoms. The SMILES string of the molecule is Cc1ccc(-c2c(C)c3c(c(C)c2C(OC(C)(C)C)C(=O)O)CN(Cc2cccc(F)c2C)C3)cc1. The summed E-state index contributed by atoms with van der Waals surface area (Å²) < 4.78 is 20.3. The predicted molar refractivity (Wildman–Crippen MR) is 141 cm³/mol. The van der Waals surface area contributed by atoms with Crippen molar-refractivity contribution in [3.05, 3.63) is 92.8 Å². The van der Waals surface area contributed by atoms with Gasteiger partial charge in [-0.2, -0.15) is 0 Å². The average molecular weight is 490 g/mol. The Labute approximate surface area is 213 Å². The highest BCUT2D eigenvalue weighted by Crippen LogP contribution is 2.44. The number of hydrogen-bond acceptors (Lipinski definition) is 3. The van der Waals surface area contributed by atoms with Crippen molar-refractivity contribution in [1.82, 2.24) is 4.90 Å². The molecule has 0 amide bonds. The van der Waals surface area contributed by atoms with E-state index in [9.17, 15) is 14.3 Å². The Bertz CT molecular complexity index is 1310. The molecular weight excluding hydrogens is 453 g/mol. The molecule has 0 aliphatic carbocycles. The molecule has 0 spiro atoms. The number of halogens is 1. The van der Waals surface area contributed by atoms with E-state index in [2.05, 4.69) is 36.1 Å². The van der Waals surface area contributed by atoms with Crippen molar-refractivity contribution in [3.8, 4) is 11.1 Å². The lowest BCUT2D eigenvalue weighted by atomic mass is 9.83. The van der Waals surface area contributed by atoms with Crippen LogP contribution in [0.1, 0.15) is 71.4 Å².